The monoisotopic (exact) mass is 309 g/mol. The van der Waals surface area contributed by atoms with Gasteiger partial charge in [0.25, 0.3) is 0 Å². The first-order valence-corrected chi connectivity index (χ1v) is 7.69. The van der Waals surface area contributed by atoms with Gasteiger partial charge in [-0.2, -0.15) is 0 Å². The summed E-state index contributed by atoms with van der Waals surface area (Å²) in [5.74, 6) is -0.296. The smallest absolute Gasteiger partial charge is 0.234 e. The first-order chi connectivity index (χ1) is 10.6. The van der Waals surface area contributed by atoms with E-state index in [-0.39, 0.29) is 24.4 Å². The van der Waals surface area contributed by atoms with Crippen LogP contribution in [0.25, 0.3) is 0 Å². The average molecular weight is 309 g/mol. The van der Waals surface area contributed by atoms with Crippen molar-refractivity contribution in [1.82, 2.24) is 15.1 Å². The van der Waals surface area contributed by atoms with Gasteiger partial charge in [-0.1, -0.05) is 12.1 Å². The van der Waals surface area contributed by atoms with Gasteiger partial charge >= 0.3 is 0 Å². The largest absolute Gasteiger partial charge is 0.395 e. The number of carbonyl (C=O) groups is 1. The van der Waals surface area contributed by atoms with E-state index in [0.29, 0.717) is 13.1 Å². The second kappa shape index (κ2) is 8.22. The zero-order chi connectivity index (χ0) is 15.9. The highest BCUT2D eigenvalue weighted by Crippen LogP contribution is 2.12. The van der Waals surface area contributed by atoms with Gasteiger partial charge in [0.2, 0.25) is 5.91 Å². The average Bonchev–Trinajstić information content (AvgIpc) is 2.50. The van der Waals surface area contributed by atoms with E-state index in [0.717, 1.165) is 31.7 Å². The highest BCUT2D eigenvalue weighted by Gasteiger charge is 2.19. The van der Waals surface area contributed by atoms with E-state index in [2.05, 4.69) is 15.1 Å². The van der Waals surface area contributed by atoms with Gasteiger partial charge in [0.15, 0.2) is 0 Å². The molecule has 1 atom stereocenters. The number of amides is 1. The van der Waals surface area contributed by atoms with Crippen LogP contribution in [0.15, 0.2) is 24.3 Å². The number of halogens is 1. The van der Waals surface area contributed by atoms with Crippen molar-refractivity contribution >= 4 is 5.91 Å². The molecule has 1 heterocycles. The molecule has 1 aliphatic rings. The lowest BCUT2D eigenvalue weighted by atomic mass is 10.1. The Balaban J connectivity index is 1.75. The summed E-state index contributed by atoms with van der Waals surface area (Å²) in [5.41, 5.74) is 0.891. The lowest BCUT2D eigenvalue weighted by molar-refractivity contribution is -0.123. The van der Waals surface area contributed by atoms with Crippen molar-refractivity contribution < 1.29 is 14.3 Å². The van der Waals surface area contributed by atoms with Crippen LogP contribution in [0.2, 0.25) is 0 Å². The van der Waals surface area contributed by atoms with Gasteiger partial charge in [0, 0.05) is 32.7 Å². The van der Waals surface area contributed by atoms with Gasteiger partial charge < -0.3 is 10.4 Å². The zero-order valence-electron chi connectivity index (χ0n) is 13.0. The van der Waals surface area contributed by atoms with Gasteiger partial charge in [-0.15, -0.1) is 0 Å². The lowest BCUT2D eigenvalue weighted by Gasteiger charge is -2.34. The number of hydrogen-bond acceptors (Lipinski definition) is 4. The number of nitrogens with one attached hydrogen (secondary N) is 1. The summed E-state index contributed by atoms with van der Waals surface area (Å²) < 4.78 is 12.9. The van der Waals surface area contributed by atoms with Crippen LogP contribution < -0.4 is 5.32 Å². The maximum absolute atomic E-state index is 12.9. The van der Waals surface area contributed by atoms with Gasteiger partial charge in [-0.25, -0.2) is 4.39 Å². The molecule has 1 amide bonds. The summed E-state index contributed by atoms with van der Waals surface area (Å²) in [5, 5.41) is 11.9. The van der Waals surface area contributed by atoms with Crippen LogP contribution in [-0.2, 0) is 4.79 Å². The third kappa shape index (κ3) is 5.05. The number of piperazine rings is 1. The van der Waals surface area contributed by atoms with Crippen molar-refractivity contribution in [3.05, 3.63) is 35.6 Å². The Morgan fingerprint density at radius 1 is 1.23 bits per heavy atom. The molecule has 5 nitrogen and oxygen atoms in total. The van der Waals surface area contributed by atoms with E-state index in [1.807, 2.05) is 6.92 Å². The predicted octanol–water partition coefficient (Wildman–Crippen LogP) is 0.613. The van der Waals surface area contributed by atoms with Crippen LogP contribution in [-0.4, -0.2) is 66.7 Å². The molecule has 0 radical (unpaired) electrons. The zero-order valence-corrected chi connectivity index (χ0v) is 13.0. The van der Waals surface area contributed by atoms with Crippen LogP contribution in [0.3, 0.4) is 0 Å². The molecule has 6 heteroatoms. The Labute approximate surface area is 130 Å². The Hall–Kier alpha value is -1.50. The van der Waals surface area contributed by atoms with Crippen molar-refractivity contribution in [2.75, 3.05) is 45.9 Å². The summed E-state index contributed by atoms with van der Waals surface area (Å²) in [4.78, 5) is 16.4. The molecule has 1 saturated heterocycles. The molecule has 122 valence electrons. The number of benzene rings is 1. The quantitative estimate of drug-likeness (QED) is 0.808. The minimum absolute atomic E-state index is 0.0209. The second-order valence-electron chi connectivity index (χ2n) is 5.68. The standard InChI is InChI=1S/C16H24FN3O2/c1-13(14-2-4-15(17)5-3-14)18-16(22)12-20-8-6-19(7-9-20)10-11-21/h2-5,13,21H,6-12H2,1H3,(H,18,22). The van der Waals surface area contributed by atoms with Crippen LogP contribution in [0.4, 0.5) is 4.39 Å². The molecule has 0 spiro atoms. The maximum atomic E-state index is 12.9. The summed E-state index contributed by atoms with van der Waals surface area (Å²) in [6.45, 7) is 6.56. The second-order valence-corrected chi connectivity index (χ2v) is 5.68. The van der Waals surface area contributed by atoms with Gasteiger partial charge in [0.05, 0.1) is 19.2 Å². The number of β-amino-alcohol motifs (C(OH)–C–C–N with tert-alkyl or cyclic N) is 1. The minimum Gasteiger partial charge on any atom is -0.395 e. The molecule has 0 bridgehead atoms. The van der Waals surface area contributed by atoms with Crippen molar-refractivity contribution in [3.63, 3.8) is 0 Å². The van der Waals surface area contributed by atoms with Gasteiger partial charge in [-0.3, -0.25) is 14.6 Å². The first-order valence-electron chi connectivity index (χ1n) is 7.69. The van der Waals surface area contributed by atoms with E-state index < -0.39 is 0 Å². The SMILES string of the molecule is CC(NC(=O)CN1CCN(CCO)CC1)c1ccc(F)cc1. The Bertz CT molecular complexity index is 473. The van der Waals surface area contributed by atoms with E-state index in [1.54, 1.807) is 12.1 Å². The molecule has 1 unspecified atom stereocenters. The molecule has 1 fully saturated rings. The number of aliphatic hydroxyl groups is 1. The van der Waals surface area contributed by atoms with Crippen LogP contribution >= 0.6 is 0 Å². The Morgan fingerprint density at radius 2 is 1.82 bits per heavy atom. The highest BCUT2D eigenvalue weighted by molar-refractivity contribution is 5.78. The molecule has 2 N–H and O–H groups in total. The molecular formula is C16H24FN3O2. The fourth-order valence-corrected chi connectivity index (χ4v) is 2.64. The molecule has 0 aromatic heterocycles. The fourth-order valence-electron chi connectivity index (χ4n) is 2.64. The number of rotatable bonds is 6. The number of nitrogens with zero attached hydrogens (tertiary/aromatic N) is 2. The van der Waals surface area contributed by atoms with E-state index in [9.17, 15) is 9.18 Å². The molecule has 1 aromatic rings. The van der Waals surface area contributed by atoms with Crippen molar-refractivity contribution in [3.8, 4) is 0 Å². The molecule has 0 saturated carbocycles. The van der Waals surface area contributed by atoms with Crippen molar-refractivity contribution in [1.29, 1.82) is 0 Å². The summed E-state index contributed by atoms with van der Waals surface area (Å²) in [7, 11) is 0. The fraction of sp³-hybridized carbons (Fsp3) is 0.562. The third-order valence-corrected chi connectivity index (χ3v) is 4.00. The molecule has 2 rings (SSSR count). The molecule has 0 aliphatic carbocycles. The van der Waals surface area contributed by atoms with E-state index in [4.69, 9.17) is 5.11 Å². The van der Waals surface area contributed by atoms with Gasteiger partial charge in [0.1, 0.15) is 5.82 Å². The molecule has 1 aromatic carbocycles. The summed E-state index contributed by atoms with van der Waals surface area (Å²) in [6.07, 6.45) is 0. The molecule has 1 aliphatic heterocycles. The minimum atomic E-state index is -0.275. The molecule has 22 heavy (non-hydrogen) atoms. The first kappa shape index (κ1) is 16.9. The van der Waals surface area contributed by atoms with Crippen molar-refractivity contribution in [2.45, 2.75) is 13.0 Å². The highest BCUT2D eigenvalue weighted by atomic mass is 19.1. The van der Waals surface area contributed by atoms with Crippen LogP contribution in [0, 0.1) is 5.82 Å². The summed E-state index contributed by atoms with van der Waals surface area (Å²) in [6, 6.07) is 6.04. The van der Waals surface area contributed by atoms with E-state index >= 15 is 0 Å². The Morgan fingerprint density at radius 3 is 2.41 bits per heavy atom. The van der Waals surface area contributed by atoms with Crippen molar-refractivity contribution in [2.24, 2.45) is 0 Å². The van der Waals surface area contributed by atoms with E-state index in [1.165, 1.54) is 12.1 Å². The lowest BCUT2D eigenvalue weighted by Crippen LogP contribution is -2.50. The normalized spacial score (nSPS) is 18.1. The number of aliphatic hydroxyl groups excluding tert-OH is 1. The Kier molecular flexibility index (Phi) is 6.30. The van der Waals surface area contributed by atoms with Crippen LogP contribution in [0.1, 0.15) is 18.5 Å². The number of hydrogen-bond donors (Lipinski definition) is 2. The topological polar surface area (TPSA) is 55.8 Å². The van der Waals surface area contributed by atoms with Gasteiger partial charge in [-0.05, 0) is 24.6 Å². The molecular weight excluding hydrogens is 285 g/mol. The van der Waals surface area contributed by atoms with Crippen LogP contribution in [0.5, 0.6) is 0 Å². The maximum Gasteiger partial charge on any atom is 0.234 e. The predicted molar refractivity (Wildman–Crippen MR) is 82.9 cm³/mol. The number of carbonyl (C=O) groups excluding carboxylic acids is 1. The summed E-state index contributed by atoms with van der Waals surface area (Å²) >= 11 is 0. The third-order valence-electron chi connectivity index (χ3n) is 4.00.